The lowest BCUT2D eigenvalue weighted by Gasteiger charge is -2.15. The number of hydrogen-bond acceptors (Lipinski definition) is 1. The van der Waals surface area contributed by atoms with Crippen LogP contribution in [0.1, 0.15) is 20.8 Å². The van der Waals surface area contributed by atoms with Crippen LogP contribution in [0.15, 0.2) is 0 Å². The molecule has 0 radical (unpaired) electrons. The molecule has 2 nitrogen and oxygen atoms in total. The summed E-state index contributed by atoms with van der Waals surface area (Å²) >= 11 is 4.67. The zero-order valence-electron chi connectivity index (χ0n) is 6.85. The van der Waals surface area contributed by atoms with E-state index in [1.54, 1.807) is 0 Å². The van der Waals surface area contributed by atoms with Gasteiger partial charge in [-0.15, -0.1) is 0 Å². The Hall–Kier alpha value is -0.310. The van der Waals surface area contributed by atoms with Gasteiger partial charge in [0.1, 0.15) is 0 Å². The minimum atomic E-state index is 0.396. The van der Waals surface area contributed by atoms with Crippen LogP contribution in [0, 0.1) is 11.8 Å². The molecule has 60 valence electrons. The summed E-state index contributed by atoms with van der Waals surface area (Å²) in [5, 5.41) is 3.33. The SMILES string of the molecule is CC(C)C(C)CNC(N)=S. The van der Waals surface area contributed by atoms with Crippen LogP contribution >= 0.6 is 12.2 Å². The standard InChI is InChI=1S/C7H16N2S/c1-5(2)6(3)4-9-7(8)10/h5-6H,4H2,1-3H3,(H3,8,9,10). The fourth-order valence-electron chi connectivity index (χ4n) is 0.497. The van der Waals surface area contributed by atoms with Gasteiger partial charge in [-0.3, -0.25) is 0 Å². The predicted octanol–water partition coefficient (Wildman–Crippen LogP) is 1.11. The lowest BCUT2D eigenvalue weighted by atomic mass is 9.98. The highest BCUT2D eigenvalue weighted by Crippen LogP contribution is 2.06. The molecule has 0 aromatic carbocycles. The lowest BCUT2D eigenvalue weighted by Crippen LogP contribution is -2.33. The molecule has 0 rings (SSSR count). The third-order valence-corrected chi connectivity index (χ3v) is 1.88. The summed E-state index contributed by atoms with van der Waals surface area (Å²) in [6.45, 7) is 7.43. The second-order valence-corrected chi connectivity index (χ2v) is 3.41. The third-order valence-electron chi connectivity index (χ3n) is 1.74. The van der Waals surface area contributed by atoms with Crippen molar-refractivity contribution in [3.05, 3.63) is 0 Å². The van der Waals surface area contributed by atoms with E-state index in [4.69, 9.17) is 5.73 Å². The fraction of sp³-hybridized carbons (Fsp3) is 0.857. The molecule has 0 aliphatic carbocycles. The first-order valence-electron chi connectivity index (χ1n) is 3.57. The Kier molecular flexibility index (Phi) is 4.36. The van der Waals surface area contributed by atoms with Crippen molar-refractivity contribution in [3.63, 3.8) is 0 Å². The molecule has 0 bridgehead atoms. The largest absolute Gasteiger partial charge is 0.376 e. The van der Waals surface area contributed by atoms with Crippen molar-refractivity contribution in [1.29, 1.82) is 0 Å². The Labute approximate surface area is 68.2 Å². The van der Waals surface area contributed by atoms with Crippen LogP contribution in [-0.4, -0.2) is 11.7 Å². The van der Waals surface area contributed by atoms with Crippen LogP contribution in [0.5, 0.6) is 0 Å². The first kappa shape index (κ1) is 9.69. The minimum Gasteiger partial charge on any atom is -0.376 e. The summed E-state index contributed by atoms with van der Waals surface area (Å²) in [6, 6.07) is 0. The molecule has 1 unspecified atom stereocenters. The molecule has 0 saturated carbocycles. The van der Waals surface area contributed by atoms with Crippen LogP contribution in [0.25, 0.3) is 0 Å². The molecule has 3 heteroatoms. The van der Waals surface area contributed by atoms with Crippen molar-refractivity contribution in [3.8, 4) is 0 Å². The summed E-state index contributed by atoms with van der Waals surface area (Å²) in [5.74, 6) is 1.31. The molecule has 1 atom stereocenters. The molecule has 0 aliphatic heterocycles. The normalized spacial score (nSPS) is 13.2. The molecule has 0 aromatic heterocycles. The molecular formula is C7H16N2S. The number of thiocarbonyl (C=S) groups is 1. The fourth-order valence-corrected chi connectivity index (χ4v) is 0.581. The molecule has 0 fully saturated rings. The lowest BCUT2D eigenvalue weighted by molar-refractivity contribution is 0.416. The Bertz CT molecular complexity index is 112. The van der Waals surface area contributed by atoms with E-state index in [9.17, 15) is 0 Å². The summed E-state index contributed by atoms with van der Waals surface area (Å²) in [6.07, 6.45) is 0. The van der Waals surface area contributed by atoms with Crippen molar-refractivity contribution in [2.45, 2.75) is 20.8 Å². The van der Waals surface area contributed by atoms with E-state index in [2.05, 4.69) is 38.3 Å². The van der Waals surface area contributed by atoms with Gasteiger partial charge in [-0.25, -0.2) is 0 Å². The van der Waals surface area contributed by atoms with E-state index in [0.717, 1.165) is 6.54 Å². The van der Waals surface area contributed by atoms with Crippen LogP contribution in [-0.2, 0) is 0 Å². The Balaban J connectivity index is 3.39. The first-order chi connectivity index (χ1) is 4.54. The predicted molar refractivity (Wildman–Crippen MR) is 48.8 cm³/mol. The van der Waals surface area contributed by atoms with E-state index in [1.807, 2.05) is 0 Å². The Morgan fingerprint density at radius 3 is 2.30 bits per heavy atom. The van der Waals surface area contributed by atoms with Gasteiger partial charge in [0.25, 0.3) is 0 Å². The van der Waals surface area contributed by atoms with Crippen LogP contribution in [0.3, 0.4) is 0 Å². The number of hydrogen-bond donors (Lipinski definition) is 2. The maximum atomic E-state index is 5.26. The summed E-state index contributed by atoms with van der Waals surface area (Å²) in [7, 11) is 0. The van der Waals surface area contributed by atoms with Crippen molar-refractivity contribution >= 4 is 17.3 Å². The van der Waals surface area contributed by atoms with Gasteiger partial charge in [0, 0.05) is 6.54 Å². The maximum absolute atomic E-state index is 5.26. The summed E-state index contributed by atoms with van der Waals surface area (Å²) in [4.78, 5) is 0. The van der Waals surface area contributed by atoms with Gasteiger partial charge >= 0.3 is 0 Å². The van der Waals surface area contributed by atoms with Crippen LogP contribution < -0.4 is 11.1 Å². The van der Waals surface area contributed by atoms with Gasteiger partial charge in [0.2, 0.25) is 0 Å². The summed E-state index contributed by atoms with van der Waals surface area (Å²) < 4.78 is 0. The van der Waals surface area contributed by atoms with E-state index in [1.165, 1.54) is 0 Å². The van der Waals surface area contributed by atoms with E-state index in [0.29, 0.717) is 16.9 Å². The van der Waals surface area contributed by atoms with E-state index < -0.39 is 0 Å². The van der Waals surface area contributed by atoms with Crippen LogP contribution in [0.4, 0.5) is 0 Å². The smallest absolute Gasteiger partial charge is 0.163 e. The Morgan fingerprint density at radius 1 is 1.50 bits per heavy atom. The van der Waals surface area contributed by atoms with Crippen molar-refractivity contribution in [1.82, 2.24) is 5.32 Å². The van der Waals surface area contributed by atoms with Crippen LogP contribution in [0.2, 0.25) is 0 Å². The second-order valence-electron chi connectivity index (χ2n) is 2.97. The second kappa shape index (κ2) is 4.50. The molecule has 0 saturated heterocycles. The van der Waals surface area contributed by atoms with Gasteiger partial charge in [0.15, 0.2) is 5.11 Å². The molecule has 0 aromatic rings. The maximum Gasteiger partial charge on any atom is 0.163 e. The van der Waals surface area contributed by atoms with Crippen molar-refractivity contribution < 1.29 is 0 Å². The van der Waals surface area contributed by atoms with Gasteiger partial charge in [-0.05, 0) is 24.1 Å². The molecule has 0 aliphatic rings. The minimum absolute atomic E-state index is 0.396. The van der Waals surface area contributed by atoms with Crippen molar-refractivity contribution in [2.24, 2.45) is 17.6 Å². The topological polar surface area (TPSA) is 38.0 Å². The quantitative estimate of drug-likeness (QED) is 0.607. The molecule has 0 spiro atoms. The molecule has 3 N–H and O–H groups in total. The molecule has 0 amide bonds. The zero-order chi connectivity index (χ0) is 8.15. The van der Waals surface area contributed by atoms with E-state index >= 15 is 0 Å². The van der Waals surface area contributed by atoms with Crippen molar-refractivity contribution in [2.75, 3.05) is 6.54 Å². The van der Waals surface area contributed by atoms with Gasteiger partial charge in [0.05, 0.1) is 0 Å². The monoisotopic (exact) mass is 160 g/mol. The molecule has 10 heavy (non-hydrogen) atoms. The third kappa shape index (κ3) is 4.56. The molecular weight excluding hydrogens is 144 g/mol. The highest BCUT2D eigenvalue weighted by Gasteiger charge is 2.05. The van der Waals surface area contributed by atoms with Gasteiger partial charge in [-0.2, -0.15) is 0 Å². The number of nitrogens with one attached hydrogen (secondary N) is 1. The highest BCUT2D eigenvalue weighted by atomic mass is 32.1. The van der Waals surface area contributed by atoms with Gasteiger partial charge < -0.3 is 11.1 Å². The zero-order valence-corrected chi connectivity index (χ0v) is 7.66. The molecule has 0 heterocycles. The average molecular weight is 160 g/mol. The Morgan fingerprint density at radius 2 is 2.00 bits per heavy atom. The number of nitrogens with two attached hydrogens (primary N) is 1. The highest BCUT2D eigenvalue weighted by molar-refractivity contribution is 7.80. The van der Waals surface area contributed by atoms with Gasteiger partial charge in [-0.1, -0.05) is 20.8 Å². The first-order valence-corrected chi connectivity index (χ1v) is 3.98. The van der Waals surface area contributed by atoms with E-state index in [-0.39, 0.29) is 0 Å². The number of rotatable bonds is 3. The summed E-state index contributed by atoms with van der Waals surface area (Å²) in [5.41, 5.74) is 5.26. The average Bonchev–Trinajstić information content (AvgIpc) is 1.82.